The Morgan fingerprint density at radius 3 is 2.50 bits per heavy atom. The van der Waals surface area contributed by atoms with Crippen LogP contribution in [0.4, 0.5) is 17.6 Å². The first kappa shape index (κ1) is 20.2. The molecule has 0 aliphatic carbocycles. The third kappa shape index (κ3) is 5.64. The van der Waals surface area contributed by atoms with Gasteiger partial charge in [0.25, 0.3) is 0 Å². The molecule has 0 amide bonds. The van der Waals surface area contributed by atoms with Gasteiger partial charge in [0, 0.05) is 0 Å². The monoisotopic (exact) mass is 373 g/mol. The van der Waals surface area contributed by atoms with Crippen LogP contribution in [0, 0.1) is 5.82 Å². The third-order valence-corrected chi connectivity index (χ3v) is 4.40. The van der Waals surface area contributed by atoms with Crippen molar-refractivity contribution < 1.29 is 40.6 Å². The van der Waals surface area contributed by atoms with Gasteiger partial charge in [-0.3, -0.25) is 4.79 Å². The average Bonchev–Trinajstić information content (AvgIpc) is 2.41. The normalized spacial score (nSPS) is 13.5. The van der Waals surface area contributed by atoms with Gasteiger partial charge in [-0.15, -0.1) is 13.2 Å². The van der Waals surface area contributed by atoms with E-state index in [1.807, 2.05) is 0 Å². The van der Waals surface area contributed by atoms with Crippen molar-refractivity contribution in [1.82, 2.24) is 4.72 Å². The predicted octanol–water partition coefficient (Wildman–Crippen LogP) is 2.65. The molecule has 0 saturated heterocycles. The number of hydrogen-bond acceptors (Lipinski definition) is 4. The number of alkyl halides is 3. The molecule has 0 spiro atoms. The number of halogens is 4. The SMILES string of the molecule is CCCC[C@H](NS(=O)(=O)c1c(F)cccc1OC(F)(F)F)C(=O)O. The molecular formula is C13H15F4NO5S. The Morgan fingerprint density at radius 1 is 1.38 bits per heavy atom. The second-order valence-corrected chi connectivity index (χ2v) is 6.42. The topological polar surface area (TPSA) is 92.7 Å². The van der Waals surface area contributed by atoms with E-state index in [0.717, 1.165) is 6.07 Å². The maximum atomic E-state index is 13.8. The fraction of sp³-hybridized carbons (Fsp3) is 0.462. The predicted molar refractivity (Wildman–Crippen MR) is 74.4 cm³/mol. The van der Waals surface area contributed by atoms with E-state index in [4.69, 9.17) is 5.11 Å². The highest BCUT2D eigenvalue weighted by molar-refractivity contribution is 7.89. The van der Waals surface area contributed by atoms with Crippen LogP contribution in [-0.2, 0) is 14.8 Å². The second kappa shape index (κ2) is 7.79. The second-order valence-electron chi connectivity index (χ2n) is 4.77. The lowest BCUT2D eigenvalue weighted by atomic mass is 10.1. The lowest BCUT2D eigenvalue weighted by Gasteiger charge is -2.17. The molecule has 1 rings (SSSR count). The highest BCUT2D eigenvalue weighted by Crippen LogP contribution is 2.31. The zero-order valence-corrected chi connectivity index (χ0v) is 13.2. The average molecular weight is 373 g/mol. The zero-order chi connectivity index (χ0) is 18.5. The molecule has 136 valence electrons. The van der Waals surface area contributed by atoms with Crippen LogP contribution >= 0.6 is 0 Å². The number of sulfonamides is 1. The quantitative estimate of drug-likeness (QED) is 0.684. The summed E-state index contributed by atoms with van der Waals surface area (Å²) in [5, 5.41) is 9.00. The summed E-state index contributed by atoms with van der Waals surface area (Å²) in [6, 6.07) is 0.474. The summed E-state index contributed by atoms with van der Waals surface area (Å²) in [6.45, 7) is 1.74. The van der Waals surface area contributed by atoms with Crippen molar-refractivity contribution in [2.45, 2.75) is 43.5 Å². The number of carboxylic acids is 1. The minimum Gasteiger partial charge on any atom is -0.480 e. The van der Waals surface area contributed by atoms with Crippen LogP contribution in [0.5, 0.6) is 5.75 Å². The third-order valence-electron chi connectivity index (χ3n) is 2.87. The van der Waals surface area contributed by atoms with E-state index in [0.29, 0.717) is 25.0 Å². The van der Waals surface area contributed by atoms with Gasteiger partial charge in [-0.05, 0) is 18.6 Å². The highest BCUT2D eigenvalue weighted by Gasteiger charge is 2.36. The fourth-order valence-corrected chi connectivity index (χ4v) is 3.25. The minimum absolute atomic E-state index is 0.102. The number of benzene rings is 1. The van der Waals surface area contributed by atoms with E-state index in [2.05, 4.69) is 4.74 Å². The number of carboxylic acid groups (broad SMARTS) is 1. The van der Waals surface area contributed by atoms with Crippen molar-refractivity contribution >= 4 is 16.0 Å². The first-order valence-electron chi connectivity index (χ1n) is 6.77. The number of ether oxygens (including phenoxy) is 1. The number of rotatable bonds is 8. The fourth-order valence-electron chi connectivity index (χ4n) is 1.84. The molecule has 0 aromatic heterocycles. The molecule has 0 bridgehead atoms. The molecule has 2 N–H and O–H groups in total. The molecule has 6 nitrogen and oxygen atoms in total. The Morgan fingerprint density at radius 2 is 2.00 bits per heavy atom. The molecule has 0 unspecified atom stereocenters. The molecule has 1 aromatic carbocycles. The van der Waals surface area contributed by atoms with Crippen molar-refractivity contribution in [3.63, 3.8) is 0 Å². The number of carbonyl (C=O) groups is 1. The number of aliphatic carboxylic acids is 1. The summed E-state index contributed by atoms with van der Waals surface area (Å²) in [7, 11) is -4.90. The first-order valence-corrected chi connectivity index (χ1v) is 8.25. The summed E-state index contributed by atoms with van der Waals surface area (Å²) < 4.78 is 80.4. The maximum absolute atomic E-state index is 13.8. The van der Waals surface area contributed by atoms with Gasteiger partial charge in [0.1, 0.15) is 11.9 Å². The van der Waals surface area contributed by atoms with Crippen molar-refractivity contribution in [2.75, 3.05) is 0 Å². The summed E-state index contributed by atoms with van der Waals surface area (Å²) in [4.78, 5) is 9.68. The van der Waals surface area contributed by atoms with E-state index in [9.17, 15) is 30.8 Å². The van der Waals surface area contributed by atoms with E-state index >= 15 is 0 Å². The summed E-state index contributed by atoms with van der Waals surface area (Å²) >= 11 is 0. The molecule has 1 atom stereocenters. The van der Waals surface area contributed by atoms with Crippen LogP contribution in [0.3, 0.4) is 0 Å². The lowest BCUT2D eigenvalue weighted by Crippen LogP contribution is -2.41. The Labute approximate surface area is 135 Å². The summed E-state index contributed by atoms with van der Waals surface area (Å²) in [5.74, 6) is -4.31. The van der Waals surface area contributed by atoms with Crippen molar-refractivity contribution in [2.24, 2.45) is 0 Å². The van der Waals surface area contributed by atoms with Gasteiger partial charge in [-0.2, -0.15) is 4.72 Å². The molecule has 24 heavy (non-hydrogen) atoms. The molecule has 0 aliphatic rings. The van der Waals surface area contributed by atoms with Gasteiger partial charge in [0.15, 0.2) is 10.6 Å². The molecule has 0 saturated carbocycles. The lowest BCUT2D eigenvalue weighted by molar-refractivity contribution is -0.275. The van der Waals surface area contributed by atoms with E-state index in [1.54, 1.807) is 11.6 Å². The van der Waals surface area contributed by atoms with E-state index in [-0.39, 0.29) is 6.42 Å². The molecule has 0 radical (unpaired) electrons. The van der Waals surface area contributed by atoms with Crippen LogP contribution in [0.25, 0.3) is 0 Å². The first-order chi connectivity index (χ1) is 11.0. The smallest absolute Gasteiger partial charge is 0.480 e. The van der Waals surface area contributed by atoms with Crippen LogP contribution in [-0.4, -0.2) is 31.9 Å². The van der Waals surface area contributed by atoms with Crippen LogP contribution in [0.2, 0.25) is 0 Å². The number of unbranched alkanes of at least 4 members (excludes halogenated alkanes) is 1. The van der Waals surface area contributed by atoms with Crippen LogP contribution in [0.1, 0.15) is 26.2 Å². The Balaban J connectivity index is 3.24. The largest absolute Gasteiger partial charge is 0.573 e. The van der Waals surface area contributed by atoms with Crippen molar-refractivity contribution in [3.05, 3.63) is 24.0 Å². The van der Waals surface area contributed by atoms with Crippen molar-refractivity contribution in [3.8, 4) is 5.75 Å². The van der Waals surface area contributed by atoms with Gasteiger partial charge >= 0.3 is 12.3 Å². The van der Waals surface area contributed by atoms with Gasteiger partial charge in [0.2, 0.25) is 10.0 Å². The molecule has 0 fully saturated rings. The summed E-state index contributed by atoms with van der Waals surface area (Å²) in [5.41, 5.74) is 0. The molecule has 1 aromatic rings. The molecule has 0 heterocycles. The molecule has 11 heteroatoms. The Kier molecular flexibility index (Phi) is 6.55. The Hall–Kier alpha value is -1.88. The van der Waals surface area contributed by atoms with Gasteiger partial charge in [-0.25, -0.2) is 12.8 Å². The minimum atomic E-state index is -5.24. The van der Waals surface area contributed by atoms with Gasteiger partial charge in [0.05, 0.1) is 0 Å². The molecule has 0 aliphatic heterocycles. The van der Waals surface area contributed by atoms with E-state index in [1.165, 1.54) is 0 Å². The number of nitrogens with one attached hydrogen (secondary N) is 1. The molecular weight excluding hydrogens is 358 g/mol. The van der Waals surface area contributed by atoms with E-state index < -0.39 is 44.9 Å². The van der Waals surface area contributed by atoms with Crippen molar-refractivity contribution in [1.29, 1.82) is 0 Å². The van der Waals surface area contributed by atoms with Gasteiger partial charge < -0.3 is 9.84 Å². The standard InChI is InChI=1S/C13H15F4NO5S/c1-2-3-6-9(12(19)20)18-24(21,22)11-8(14)5-4-7-10(11)23-13(15,16)17/h4-5,7,9,18H,2-3,6H2,1H3,(H,19,20)/t9-/m0/s1. The number of hydrogen-bond donors (Lipinski definition) is 2. The highest BCUT2D eigenvalue weighted by atomic mass is 32.2. The zero-order valence-electron chi connectivity index (χ0n) is 12.4. The van der Waals surface area contributed by atoms with Gasteiger partial charge in [-0.1, -0.05) is 25.8 Å². The Bertz CT molecular complexity index is 690. The summed E-state index contributed by atoms with van der Waals surface area (Å²) in [6.07, 6.45) is -4.43. The van der Waals surface area contributed by atoms with Crippen LogP contribution < -0.4 is 9.46 Å². The maximum Gasteiger partial charge on any atom is 0.573 e. The van der Waals surface area contributed by atoms with Crippen LogP contribution in [0.15, 0.2) is 23.1 Å².